The van der Waals surface area contributed by atoms with Gasteiger partial charge in [0.2, 0.25) is 0 Å². The van der Waals surface area contributed by atoms with E-state index in [1.807, 2.05) is 26.4 Å². The van der Waals surface area contributed by atoms with Crippen LogP contribution in [0.15, 0.2) is 52.6 Å². The van der Waals surface area contributed by atoms with E-state index in [9.17, 15) is 8.42 Å². The van der Waals surface area contributed by atoms with Gasteiger partial charge in [0, 0.05) is 31.9 Å². The van der Waals surface area contributed by atoms with Crippen LogP contribution in [-0.2, 0) is 21.6 Å². The van der Waals surface area contributed by atoms with Crippen molar-refractivity contribution in [3.63, 3.8) is 0 Å². The predicted octanol–water partition coefficient (Wildman–Crippen LogP) is 1.85. The van der Waals surface area contributed by atoms with Gasteiger partial charge < -0.3 is 15.0 Å². The third kappa shape index (κ3) is 6.41. The van der Waals surface area contributed by atoms with Crippen LogP contribution in [0.2, 0.25) is 0 Å². The summed E-state index contributed by atoms with van der Waals surface area (Å²) in [4.78, 5) is 7.00. The maximum atomic E-state index is 12.5. The molecule has 2 aromatic rings. The number of nitrogens with one attached hydrogen (secondary N) is 1. The van der Waals surface area contributed by atoms with Gasteiger partial charge >= 0.3 is 0 Å². The van der Waals surface area contributed by atoms with Crippen molar-refractivity contribution < 1.29 is 13.2 Å². The third-order valence-electron chi connectivity index (χ3n) is 4.52. The first kappa shape index (κ1) is 23.6. The van der Waals surface area contributed by atoms with Gasteiger partial charge in [-0.15, -0.1) is 24.0 Å². The van der Waals surface area contributed by atoms with Crippen LogP contribution in [0.4, 0.5) is 0 Å². The molecule has 1 unspecified atom stereocenters. The van der Waals surface area contributed by atoms with E-state index in [0.29, 0.717) is 37.1 Å². The summed E-state index contributed by atoms with van der Waals surface area (Å²) >= 11 is 0. The van der Waals surface area contributed by atoms with Crippen molar-refractivity contribution in [1.29, 1.82) is 0 Å². The molecule has 3 rings (SSSR count). The molecule has 0 amide bonds. The standard InChI is InChI=1S/C19H27N5O3S.HI/c1-3-20-19(21-9-12-28(25,26)17-7-5-4-6-8-17)24-10-11-27-18(15-24)16-13-22-23(2)14-16;/h4-8,13-14,18H,3,9-12,15H2,1-2H3,(H,20,21);1H. The molecule has 0 saturated carbocycles. The van der Waals surface area contributed by atoms with Gasteiger partial charge in [-0.2, -0.15) is 5.10 Å². The van der Waals surface area contributed by atoms with Gasteiger partial charge in [-0.05, 0) is 19.1 Å². The first-order valence-corrected chi connectivity index (χ1v) is 11.1. The van der Waals surface area contributed by atoms with E-state index < -0.39 is 9.84 Å². The molecule has 2 heterocycles. The van der Waals surface area contributed by atoms with Crippen LogP contribution in [0.25, 0.3) is 0 Å². The molecule has 1 fully saturated rings. The fraction of sp³-hybridized carbons (Fsp3) is 0.474. The Labute approximate surface area is 189 Å². The molecule has 8 nitrogen and oxygen atoms in total. The Balaban J connectivity index is 0.00000300. The first-order chi connectivity index (χ1) is 13.5. The molecule has 0 spiro atoms. The minimum absolute atomic E-state index is 0. The number of aryl methyl sites for hydroxylation is 1. The molecule has 1 N–H and O–H groups in total. The Morgan fingerprint density at radius 1 is 1.34 bits per heavy atom. The number of guanidine groups is 1. The maximum absolute atomic E-state index is 12.5. The molecule has 1 saturated heterocycles. The average molecular weight is 533 g/mol. The summed E-state index contributed by atoms with van der Waals surface area (Å²) in [6.07, 6.45) is 3.68. The molecule has 29 heavy (non-hydrogen) atoms. The van der Waals surface area contributed by atoms with Crippen molar-refractivity contribution in [2.75, 3.05) is 38.5 Å². The Morgan fingerprint density at radius 2 is 2.10 bits per heavy atom. The lowest BCUT2D eigenvalue weighted by molar-refractivity contribution is -0.00802. The van der Waals surface area contributed by atoms with Gasteiger partial charge in [0.25, 0.3) is 0 Å². The van der Waals surface area contributed by atoms with Crippen LogP contribution in [0, 0.1) is 0 Å². The number of rotatable bonds is 6. The number of morpholine rings is 1. The molecule has 1 atom stereocenters. The van der Waals surface area contributed by atoms with Gasteiger partial charge in [-0.3, -0.25) is 9.67 Å². The van der Waals surface area contributed by atoms with Crippen LogP contribution < -0.4 is 5.32 Å². The Morgan fingerprint density at radius 3 is 2.76 bits per heavy atom. The summed E-state index contributed by atoms with van der Waals surface area (Å²) in [5.41, 5.74) is 1.02. The molecule has 1 aliphatic heterocycles. The quantitative estimate of drug-likeness (QED) is 0.347. The number of aliphatic imine (C=N–C) groups is 1. The number of benzene rings is 1. The predicted molar refractivity (Wildman–Crippen MR) is 123 cm³/mol. The molecule has 0 radical (unpaired) electrons. The third-order valence-corrected chi connectivity index (χ3v) is 6.23. The number of sulfone groups is 1. The first-order valence-electron chi connectivity index (χ1n) is 9.41. The van der Waals surface area contributed by atoms with E-state index in [4.69, 9.17) is 4.74 Å². The molecular weight excluding hydrogens is 505 g/mol. The lowest BCUT2D eigenvalue weighted by Gasteiger charge is -2.34. The van der Waals surface area contributed by atoms with E-state index >= 15 is 0 Å². The molecule has 1 aromatic carbocycles. The van der Waals surface area contributed by atoms with Crippen LogP contribution in [0.5, 0.6) is 0 Å². The van der Waals surface area contributed by atoms with Gasteiger partial charge in [-0.1, -0.05) is 18.2 Å². The minimum Gasteiger partial charge on any atom is -0.370 e. The van der Waals surface area contributed by atoms with E-state index in [-0.39, 0.29) is 42.4 Å². The molecule has 0 aliphatic carbocycles. The number of hydrogen-bond acceptors (Lipinski definition) is 5. The second-order valence-electron chi connectivity index (χ2n) is 6.62. The van der Waals surface area contributed by atoms with E-state index in [1.54, 1.807) is 35.0 Å². The van der Waals surface area contributed by atoms with Crippen LogP contribution in [0.3, 0.4) is 0 Å². The number of ether oxygens (including phenoxy) is 1. The van der Waals surface area contributed by atoms with Crippen LogP contribution in [-0.4, -0.2) is 67.6 Å². The summed E-state index contributed by atoms with van der Waals surface area (Å²) < 4.78 is 32.5. The molecule has 10 heteroatoms. The van der Waals surface area contributed by atoms with Crippen LogP contribution >= 0.6 is 24.0 Å². The second-order valence-corrected chi connectivity index (χ2v) is 8.73. The van der Waals surface area contributed by atoms with Gasteiger partial charge in [-0.25, -0.2) is 8.42 Å². The molecule has 160 valence electrons. The number of nitrogens with zero attached hydrogens (tertiary/aromatic N) is 4. The number of halogens is 1. The van der Waals surface area contributed by atoms with Gasteiger partial charge in [0.15, 0.2) is 15.8 Å². The summed E-state index contributed by atoms with van der Waals surface area (Å²) in [7, 11) is -1.46. The zero-order chi connectivity index (χ0) is 20.0. The SMILES string of the molecule is CCNC(=NCCS(=O)(=O)c1ccccc1)N1CCOC(c2cnn(C)c2)C1.I. The van der Waals surface area contributed by atoms with Gasteiger partial charge in [0.05, 0.1) is 36.5 Å². The fourth-order valence-corrected chi connectivity index (χ4v) is 4.23. The monoisotopic (exact) mass is 533 g/mol. The smallest absolute Gasteiger partial charge is 0.194 e. The normalized spacial score (nSPS) is 17.7. The lowest BCUT2D eigenvalue weighted by atomic mass is 10.1. The topological polar surface area (TPSA) is 88.8 Å². The van der Waals surface area contributed by atoms with Gasteiger partial charge in [0.1, 0.15) is 6.10 Å². The number of aromatic nitrogens is 2. The highest BCUT2D eigenvalue weighted by Crippen LogP contribution is 2.21. The molecular formula is C19H28IN5O3S. The molecule has 0 bridgehead atoms. The summed E-state index contributed by atoms with van der Waals surface area (Å²) in [6.45, 7) is 4.83. The lowest BCUT2D eigenvalue weighted by Crippen LogP contribution is -2.48. The maximum Gasteiger partial charge on any atom is 0.194 e. The van der Waals surface area contributed by atoms with Crippen molar-refractivity contribution in [3.8, 4) is 0 Å². The summed E-state index contributed by atoms with van der Waals surface area (Å²) in [6, 6.07) is 8.49. The van der Waals surface area contributed by atoms with Crippen molar-refractivity contribution >= 4 is 39.8 Å². The van der Waals surface area contributed by atoms with Crippen molar-refractivity contribution in [2.24, 2.45) is 12.0 Å². The Kier molecular flexibility index (Phi) is 8.90. The van der Waals surface area contributed by atoms with E-state index in [2.05, 4.69) is 20.3 Å². The van der Waals surface area contributed by atoms with Crippen molar-refractivity contribution in [3.05, 3.63) is 48.3 Å². The zero-order valence-corrected chi connectivity index (χ0v) is 19.8. The van der Waals surface area contributed by atoms with E-state index in [1.165, 1.54) is 0 Å². The summed E-state index contributed by atoms with van der Waals surface area (Å²) in [5, 5.41) is 7.47. The molecule has 1 aliphatic rings. The highest BCUT2D eigenvalue weighted by atomic mass is 127. The number of hydrogen-bond donors (Lipinski definition) is 1. The largest absolute Gasteiger partial charge is 0.370 e. The van der Waals surface area contributed by atoms with Crippen molar-refractivity contribution in [1.82, 2.24) is 20.0 Å². The summed E-state index contributed by atoms with van der Waals surface area (Å²) in [5.74, 6) is 0.686. The Hall–Kier alpha value is -1.66. The highest BCUT2D eigenvalue weighted by molar-refractivity contribution is 14.0. The fourth-order valence-electron chi connectivity index (χ4n) is 3.09. The van der Waals surface area contributed by atoms with E-state index in [0.717, 1.165) is 5.56 Å². The second kappa shape index (κ2) is 10.9. The molecule has 1 aromatic heterocycles. The van der Waals surface area contributed by atoms with Crippen LogP contribution in [0.1, 0.15) is 18.6 Å². The average Bonchev–Trinajstić information content (AvgIpc) is 3.14. The van der Waals surface area contributed by atoms with Crippen molar-refractivity contribution in [2.45, 2.75) is 17.9 Å². The highest BCUT2D eigenvalue weighted by Gasteiger charge is 2.25. The minimum atomic E-state index is -3.34. The Bertz CT molecular complexity index is 902. The zero-order valence-electron chi connectivity index (χ0n) is 16.7.